The molecule has 0 aliphatic heterocycles. The molecule has 0 N–H and O–H groups in total. The van der Waals surface area contributed by atoms with Crippen LogP contribution in [0.15, 0.2) is 24.3 Å². The van der Waals surface area contributed by atoms with Crippen molar-refractivity contribution in [2.24, 2.45) is 0 Å². The first-order chi connectivity index (χ1) is 4.72. The van der Waals surface area contributed by atoms with Gasteiger partial charge in [0.15, 0.2) is 0 Å². The molecule has 52 valence electrons. The van der Waals surface area contributed by atoms with Gasteiger partial charge in [0.2, 0.25) is 0 Å². The van der Waals surface area contributed by atoms with E-state index in [9.17, 15) is 15.0 Å². The molecule has 0 fully saturated rings. The molecule has 0 saturated carbocycles. The van der Waals surface area contributed by atoms with Crippen LogP contribution in [0.3, 0.4) is 0 Å². The number of carbonyl (C=O) groups is 1. The summed E-state index contributed by atoms with van der Waals surface area (Å²) in [5, 5.41) is 20.8. The molecule has 0 heterocycles. The minimum atomic E-state index is -1.43. The Bertz CT molecular complexity index is 263. The van der Waals surface area contributed by atoms with Crippen molar-refractivity contribution in [3.63, 3.8) is 0 Å². The Balaban J connectivity index is 0. The summed E-state index contributed by atoms with van der Waals surface area (Å²) in [5.41, 5.74) is -0.289. The van der Waals surface area contributed by atoms with Crippen molar-refractivity contribution in [2.45, 2.75) is 0 Å². The molecule has 0 bridgehead atoms. The van der Waals surface area contributed by atoms with Crippen molar-refractivity contribution in [1.29, 1.82) is 0 Å². The summed E-state index contributed by atoms with van der Waals surface area (Å²) in [5.74, 6) is -1.94. The zero-order valence-corrected chi connectivity index (χ0v) is 11.0. The minimum absolute atomic E-state index is 0. The van der Waals surface area contributed by atoms with E-state index in [-0.39, 0.29) is 64.7 Å². The smallest absolute Gasteiger partial charge is 0.872 e. The van der Waals surface area contributed by atoms with E-state index < -0.39 is 11.7 Å². The molecule has 3 nitrogen and oxygen atoms in total. The SMILES string of the molecule is O=C([O-])c1ccccc1[O-].[Na+].[Na+]. The Morgan fingerprint density at radius 1 is 1.17 bits per heavy atom. The molecule has 1 aromatic carbocycles. The van der Waals surface area contributed by atoms with Crippen LogP contribution in [0.4, 0.5) is 0 Å². The molecule has 0 amide bonds. The number of hydrogen-bond acceptors (Lipinski definition) is 3. The Kier molecular flexibility index (Phi) is 8.68. The first-order valence-electron chi connectivity index (χ1n) is 2.69. The second-order valence-corrected chi connectivity index (χ2v) is 1.78. The van der Waals surface area contributed by atoms with Crippen molar-refractivity contribution in [3.05, 3.63) is 29.8 Å². The van der Waals surface area contributed by atoms with Gasteiger partial charge in [0.1, 0.15) is 0 Å². The van der Waals surface area contributed by atoms with E-state index in [1.807, 2.05) is 0 Å². The van der Waals surface area contributed by atoms with Crippen molar-refractivity contribution in [3.8, 4) is 5.75 Å². The van der Waals surface area contributed by atoms with Crippen LogP contribution in [0.2, 0.25) is 0 Å². The third-order valence-corrected chi connectivity index (χ3v) is 1.11. The average molecular weight is 182 g/mol. The number of carboxylic acids is 1. The molecule has 0 spiro atoms. The van der Waals surface area contributed by atoms with Gasteiger partial charge in [0.05, 0.1) is 5.97 Å². The van der Waals surface area contributed by atoms with E-state index in [1.165, 1.54) is 24.3 Å². The summed E-state index contributed by atoms with van der Waals surface area (Å²) >= 11 is 0. The molecule has 1 aromatic rings. The predicted molar refractivity (Wildman–Crippen MR) is 30.2 cm³/mol. The van der Waals surface area contributed by atoms with Crippen molar-refractivity contribution >= 4 is 5.97 Å². The number of carbonyl (C=O) groups excluding carboxylic acids is 1. The topological polar surface area (TPSA) is 63.2 Å². The maximum Gasteiger partial charge on any atom is 1.00 e. The van der Waals surface area contributed by atoms with Crippen LogP contribution >= 0.6 is 0 Å². The van der Waals surface area contributed by atoms with E-state index in [4.69, 9.17) is 0 Å². The summed E-state index contributed by atoms with van der Waals surface area (Å²) in [6.45, 7) is 0. The van der Waals surface area contributed by atoms with Gasteiger partial charge in [-0.1, -0.05) is 30.0 Å². The van der Waals surface area contributed by atoms with Gasteiger partial charge in [-0.25, -0.2) is 0 Å². The van der Waals surface area contributed by atoms with Gasteiger partial charge in [-0.2, -0.15) is 0 Å². The fourth-order valence-corrected chi connectivity index (χ4v) is 0.635. The maximum atomic E-state index is 10.6. The first-order valence-corrected chi connectivity index (χ1v) is 2.69. The number of benzene rings is 1. The van der Waals surface area contributed by atoms with Crippen LogP contribution in [0.1, 0.15) is 10.4 Å². The van der Waals surface area contributed by atoms with Gasteiger partial charge >= 0.3 is 59.1 Å². The summed E-state index contributed by atoms with van der Waals surface area (Å²) in [4.78, 5) is 10.1. The molecule has 0 unspecified atom stereocenters. The van der Waals surface area contributed by atoms with Crippen LogP contribution in [0.5, 0.6) is 5.75 Å². The molecular weight excluding hydrogens is 178 g/mol. The third kappa shape index (κ3) is 3.94. The molecule has 5 heteroatoms. The molecule has 0 saturated heterocycles. The molecule has 0 atom stereocenters. The zero-order valence-electron chi connectivity index (χ0n) is 7.03. The summed E-state index contributed by atoms with van der Waals surface area (Å²) < 4.78 is 0. The fraction of sp³-hybridized carbons (Fsp3) is 0. The fourth-order valence-electron chi connectivity index (χ4n) is 0.635. The third-order valence-electron chi connectivity index (χ3n) is 1.11. The van der Waals surface area contributed by atoms with E-state index >= 15 is 0 Å². The molecule has 0 aromatic heterocycles. The molecule has 12 heavy (non-hydrogen) atoms. The zero-order chi connectivity index (χ0) is 7.56. The molecule has 0 aliphatic rings. The van der Waals surface area contributed by atoms with Gasteiger partial charge in [0, 0.05) is 0 Å². The monoisotopic (exact) mass is 182 g/mol. The number of hydrogen-bond donors (Lipinski definition) is 0. The van der Waals surface area contributed by atoms with Gasteiger partial charge in [-0.15, -0.1) is 0 Å². The quantitative estimate of drug-likeness (QED) is 0.405. The van der Waals surface area contributed by atoms with Crippen molar-refractivity contribution < 1.29 is 74.1 Å². The average Bonchev–Trinajstić information content (AvgIpc) is 1.88. The Labute approximate surface area is 114 Å². The Morgan fingerprint density at radius 2 is 1.67 bits per heavy atom. The van der Waals surface area contributed by atoms with E-state index in [1.54, 1.807) is 0 Å². The second kappa shape index (κ2) is 6.95. The minimum Gasteiger partial charge on any atom is -0.872 e. The van der Waals surface area contributed by atoms with E-state index in [0.717, 1.165) is 0 Å². The first kappa shape index (κ1) is 15.0. The second-order valence-electron chi connectivity index (χ2n) is 1.78. The van der Waals surface area contributed by atoms with Crippen LogP contribution in [-0.2, 0) is 0 Å². The van der Waals surface area contributed by atoms with Gasteiger partial charge < -0.3 is 15.0 Å². The molecular formula is C7H4Na2O3. The Morgan fingerprint density at radius 3 is 2.00 bits per heavy atom. The standard InChI is InChI=1S/C7H6O3.2Na/c8-6-4-2-1-3-5(6)7(9)10;;/h1-4,8H,(H,9,10);;/q;2*+1/p-2. The molecule has 0 aliphatic carbocycles. The number of carboxylic acid groups (broad SMARTS) is 1. The normalized spacial score (nSPS) is 7.67. The summed E-state index contributed by atoms with van der Waals surface area (Å²) in [6.07, 6.45) is 0. The van der Waals surface area contributed by atoms with Crippen LogP contribution in [0, 0.1) is 0 Å². The van der Waals surface area contributed by atoms with Crippen LogP contribution in [0.25, 0.3) is 0 Å². The van der Waals surface area contributed by atoms with Crippen molar-refractivity contribution in [2.75, 3.05) is 0 Å². The van der Waals surface area contributed by atoms with Crippen LogP contribution < -0.4 is 69.3 Å². The number of para-hydroxylation sites is 1. The molecule has 0 radical (unpaired) electrons. The summed E-state index contributed by atoms with van der Waals surface area (Å²) in [7, 11) is 0. The number of rotatable bonds is 1. The van der Waals surface area contributed by atoms with Gasteiger partial charge in [-0.3, -0.25) is 0 Å². The van der Waals surface area contributed by atoms with E-state index in [0.29, 0.717) is 0 Å². The van der Waals surface area contributed by atoms with Gasteiger partial charge in [0.25, 0.3) is 0 Å². The van der Waals surface area contributed by atoms with E-state index in [2.05, 4.69) is 0 Å². The largest absolute Gasteiger partial charge is 1.00 e. The van der Waals surface area contributed by atoms with Gasteiger partial charge in [-0.05, 0) is 5.56 Å². The molecule has 1 rings (SSSR count). The van der Waals surface area contributed by atoms with Crippen molar-refractivity contribution in [1.82, 2.24) is 0 Å². The number of aromatic carboxylic acids is 1. The summed E-state index contributed by atoms with van der Waals surface area (Å²) in [6, 6.07) is 5.37. The van der Waals surface area contributed by atoms with Crippen LogP contribution in [-0.4, -0.2) is 5.97 Å². The predicted octanol–water partition coefficient (Wildman–Crippen LogP) is -6.87. The maximum absolute atomic E-state index is 10.6. The Hall–Kier alpha value is 0.490.